The minimum atomic E-state index is -0.835. The summed E-state index contributed by atoms with van der Waals surface area (Å²) in [6.07, 6.45) is 2.86. The Morgan fingerprint density at radius 2 is 1.86 bits per heavy atom. The van der Waals surface area contributed by atoms with Crippen LogP contribution in [0.2, 0.25) is 0 Å². The summed E-state index contributed by atoms with van der Waals surface area (Å²) in [6.45, 7) is 9.73. The monoisotopic (exact) mass is 199 g/mol. The molecule has 82 valence electrons. The van der Waals surface area contributed by atoms with Gasteiger partial charge in [0, 0.05) is 18.5 Å². The standard InChI is InChI=1S/C12H22FN/c1-4-5-14-8-11(9-14)6-12(13,7-11)10(2)3/h10H,4-9H2,1-3H3. The molecule has 1 saturated carbocycles. The van der Waals surface area contributed by atoms with Crippen molar-refractivity contribution in [1.82, 2.24) is 4.90 Å². The maximum Gasteiger partial charge on any atom is 0.114 e. The molecule has 0 unspecified atom stereocenters. The first-order chi connectivity index (χ1) is 6.50. The van der Waals surface area contributed by atoms with E-state index in [4.69, 9.17) is 0 Å². The lowest BCUT2D eigenvalue weighted by atomic mass is 9.53. The molecular weight excluding hydrogens is 177 g/mol. The molecule has 14 heavy (non-hydrogen) atoms. The van der Waals surface area contributed by atoms with E-state index in [9.17, 15) is 4.39 Å². The summed E-state index contributed by atoms with van der Waals surface area (Å²) >= 11 is 0. The Labute approximate surface area is 86.7 Å². The molecular formula is C12H22FN. The van der Waals surface area contributed by atoms with E-state index in [1.165, 1.54) is 13.0 Å². The number of hydrogen-bond donors (Lipinski definition) is 0. The molecule has 2 fully saturated rings. The van der Waals surface area contributed by atoms with Crippen molar-refractivity contribution in [2.24, 2.45) is 11.3 Å². The van der Waals surface area contributed by atoms with E-state index in [-0.39, 0.29) is 5.92 Å². The van der Waals surface area contributed by atoms with Gasteiger partial charge in [0.05, 0.1) is 0 Å². The number of likely N-dealkylation sites (tertiary alicyclic amines) is 1. The molecule has 0 aromatic carbocycles. The van der Waals surface area contributed by atoms with Crippen molar-refractivity contribution in [2.75, 3.05) is 19.6 Å². The molecule has 0 aromatic heterocycles. The predicted molar refractivity (Wildman–Crippen MR) is 57.1 cm³/mol. The number of rotatable bonds is 3. The number of hydrogen-bond acceptors (Lipinski definition) is 1. The zero-order valence-electron chi connectivity index (χ0n) is 9.65. The zero-order chi connectivity index (χ0) is 10.4. The lowest BCUT2D eigenvalue weighted by Gasteiger charge is -2.62. The summed E-state index contributed by atoms with van der Waals surface area (Å²) in [7, 11) is 0. The Hall–Kier alpha value is -0.110. The van der Waals surface area contributed by atoms with E-state index in [1.54, 1.807) is 0 Å². The Balaban J connectivity index is 1.79. The fourth-order valence-electron chi connectivity index (χ4n) is 3.20. The summed E-state index contributed by atoms with van der Waals surface area (Å²) < 4.78 is 14.0. The highest BCUT2D eigenvalue weighted by molar-refractivity contribution is 5.12. The third-order valence-corrected chi connectivity index (χ3v) is 4.03. The lowest BCUT2D eigenvalue weighted by Crippen LogP contribution is -2.67. The van der Waals surface area contributed by atoms with Gasteiger partial charge in [-0.2, -0.15) is 0 Å². The highest BCUT2D eigenvalue weighted by Gasteiger charge is 2.61. The van der Waals surface area contributed by atoms with Gasteiger partial charge >= 0.3 is 0 Å². The van der Waals surface area contributed by atoms with Gasteiger partial charge in [0.25, 0.3) is 0 Å². The normalized spacial score (nSPS) is 28.9. The summed E-state index contributed by atoms with van der Waals surface area (Å²) in [4.78, 5) is 2.46. The van der Waals surface area contributed by atoms with Gasteiger partial charge < -0.3 is 4.90 Å². The van der Waals surface area contributed by atoms with Crippen LogP contribution in [-0.4, -0.2) is 30.2 Å². The number of alkyl halides is 1. The molecule has 1 nitrogen and oxygen atoms in total. The second-order valence-electron chi connectivity index (χ2n) is 5.75. The van der Waals surface area contributed by atoms with Crippen LogP contribution in [0.15, 0.2) is 0 Å². The molecule has 1 aliphatic heterocycles. The number of nitrogens with zero attached hydrogens (tertiary/aromatic N) is 1. The molecule has 0 amide bonds. The van der Waals surface area contributed by atoms with E-state index in [0.717, 1.165) is 25.9 Å². The van der Waals surface area contributed by atoms with Gasteiger partial charge in [0.2, 0.25) is 0 Å². The Kier molecular flexibility index (Phi) is 2.37. The lowest BCUT2D eigenvalue weighted by molar-refractivity contribution is -0.170. The largest absolute Gasteiger partial charge is 0.302 e. The molecule has 1 heterocycles. The fourth-order valence-corrected chi connectivity index (χ4v) is 3.20. The van der Waals surface area contributed by atoms with Crippen LogP contribution in [0.1, 0.15) is 40.0 Å². The first kappa shape index (κ1) is 10.4. The van der Waals surface area contributed by atoms with Gasteiger partial charge in [0.1, 0.15) is 5.67 Å². The minimum Gasteiger partial charge on any atom is -0.302 e. The van der Waals surface area contributed by atoms with Crippen LogP contribution < -0.4 is 0 Å². The maximum absolute atomic E-state index is 14.0. The molecule has 0 atom stereocenters. The summed E-state index contributed by atoms with van der Waals surface area (Å²) in [5, 5.41) is 0. The molecule has 1 saturated heterocycles. The highest BCUT2D eigenvalue weighted by atomic mass is 19.1. The SMILES string of the molecule is CCCN1CC2(C1)CC(F)(C(C)C)C2. The Morgan fingerprint density at radius 3 is 2.29 bits per heavy atom. The van der Waals surface area contributed by atoms with Crippen LogP contribution in [0.5, 0.6) is 0 Å². The second-order valence-corrected chi connectivity index (χ2v) is 5.75. The second kappa shape index (κ2) is 3.19. The molecule has 2 aliphatic rings. The van der Waals surface area contributed by atoms with Gasteiger partial charge in [-0.05, 0) is 31.7 Å². The van der Waals surface area contributed by atoms with Crippen molar-refractivity contribution in [3.63, 3.8) is 0 Å². The molecule has 0 radical (unpaired) electrons. The van der Waals surface area contributed by atoms with Crippen LogP contribution in [0.4, 0.5) is 4.39 Å². The van der Waals surface area contributed by atoms with Crippen LogP contribution in [-0.2, 0) is 0 Å². The zero-order valence-corrected chi connectivity index (χ0v) is 9.65. The quantitative estimate of drug-likeness (QED) is 0.675. The minimum absolute atomic E-state index is 0.202. The fraction of sp³-hybridized carbons (Fsp3) is 1.00. The molecule has 0 N–H and O–H groups in total. The molecule has 1 spiro atoms. The van der Waals surface area contributed by atoms with Gasteiger partial charge in [-0.25, -0.2) is 4.39 Å². The highest BCUT2D eigenvalue weighted by Crippen LogP contribution is 2.58. The number of halogens is 1. The summed E-state index contributed by atoms with van der Waals surface area (Å²) in [5.41, 5.74) is -0.452. The van der Waals surface area contributed by atoms with Crippen molar-refractivity contribution in [3.05, 3.63) is 0 Å². The Morgan fingerprint density at radius 1 is 1.29 bits per heavy atom. The first-order valence-electron chi connectivity index (χ1n) is 5.91. The average Bonchev–Trinajstić information content (AvgIpc) is 1.97. The van der Waals surface area contributed by atoms with Crippen molar-refractivity contribution < 1.29 is 4.39 Å². The van der Waals surface area contributed by atoms with E-state index >= 15 is 0 Å². The van der Waals surface area contributed by atoms with Crippen LogP contribution in [0.3, 0.4) is 0 Å². The van der Waals surface area contributed by atoms with E-state index in [1.807, 2.05) is 13.8 Å². The van der Waals surface area contributed by atoms with Crippen molar-refractivity contribution in [2.45, 2.75) is 45.7 Å². The van der Waals surface area contributed by atoms with Crippen molar-refractivity contribution in [1.29, 1.82) is 0 Å². The third-order valence-electron chi connectivity index (χ3n) is 4.03. The van der Waals surface area contributed by atoms with Gasteiger partial charge in [-0.3, -0.25) is 0 Å². The topological polar surface area (TPSA) is 3.24 Å². The first-order valence-corrected chi connectivity index (χ1v) is 5.91. The van der Waals surface area contributed by atoms with Crippen LogP contribution in [0, 0.1) is 11.3 Å². The van der Waals surface area contributed by atoms with Crippen molar-refractivity contribution in [3.8, 4) is 0 Å². The third kappa shape index (κ3) is 1.48. The average molecular weight is 199 g/mol. The van der Waals surface area contributed by atoms with Gasteiger partial charge in [-0.15, -0.1) is 0 Å². The predicted octanol–water partition coefficient (Wildman–Crippen LogP) is 2.86. The Bertz CT molecular complexity index is 210. The molecule has 2 rings (SSSR count). The van der Waals surface area contributed by atoms with Gasteiger partial charge in [0.15, 0.2) is 0 Å². The molecule has 2 heteroatoms. The van der Waals surface area contributed by atoms with Crippen LogP contribution in [0.25, 0.3) is 0 Å². The van der Waals surface area contributed by atoms with E-state index in [0.29, 0.717) is 5.41 Å². The molecule has 0 aromatic rings. The smallest absolute Gasteiger partial charge is 0.114 e. The molecule has 0 bridgehead atoms. The summed E-state index contributed by atoms with van der Waals surface area (Å²) in [5.74, 6) is 0.202. The van der Waals surface area contributed by atoms with Crippen molar-refractivity contribution >= 4 is 0 Å². The van der Waals surface area contributed by atoms with E-state index in [2.05, 4.69) is 11.8 Å². The summed E-state index contributed by atoms with van der Waals surface area (Å²) in [6, 6.07) is 0. The maximum atomic E-state index is 14.0. The van der Waals surface area contributed by atoms with Crippen LogP contribution >= 0.6 is 0 Å². The van der Waals surface area contributed by atoms with Gasteiger partial charge in [-0.1, -0.05) is 20.8 Å². The molecule has 1 aliphatic carbocycles. The van der Waals surface area contributed by atoms with E-state index < -0.39 is 5.67 Å².